The summed E-state index contributed by atoms with van der Waals surface area (Å²) >= 11 is 0. The minimum atomic E-state index is -0.620. The molecule has 512 valence electrons. The summed E-state index contributed by atoms with van der Waals surface area (Å²) in [5.41, 5.74) is 8.31. The lowest BCUT2D eigenvalue weighted by molar-refractivity contribution is -0.121. The number of amides is 3. The van der Waals surface area contributed by atoms with Crippen molar-refractivity contribution < 1.29 is 34.5 Å². The van der Waals surface area contributed by atoms with E-state index in [0.717, 1.165) is 77.0 Å². The second-order valence-corrected chi connectivity index (χ2v) is 26.3. The summed E-state index contributed by atoms with van der Waals surface area (Å²) in [5, 5.41) is 47.3. The molecule has 0 heterocycles. The molecule has 3 amide bonds. The number of allylic oxidation sites excluding steroid dienone is 4. The second kappa shape index (κ2) is 63.7. The number of unbranched alkanes of at least 4 members (excludes halogenated alkanes) is 31. The minimum absolute atomic E-state index is 0.0511. The zero-order chi connectivity index (χ0) is 66.5. The van der Waals surface area contributed by atoms with E-state index in [1.807, 2.05) is 33.3 Å². The molecule has 0 spiro atoms. The zero-order valence-electron chi connectivity index (χ0n) is 58.9. The van der Waals surface area contributed by atoms with Gasteiger partial charge in [-0.1, -0.05) is 171 Å². The van der Waals surface area contributed by atoms with Crippen molar-refractivity contribution in [3.05, 3.63) is 34.7 Å². The van der Waals surface area contributed by atoms with Crippen LogP contribution in [-0.2, 0) is 4.79 Å². The summed E-state index contributed by atoms with van der Waals surface area (Å²) in [7, 11) is 13.4. The van der Waals surface area contributed by atoms with Crippen LogP contribution in [0.3, 0.4) is 0 Å². The van der Waals surface area contributed by atoms with Crippen LogP contribution in [0.5, 0.6) is 0 Å². The molecule has 4 radical (unpaired) electrons. The highest BCUT2D eigenvalue weighted by molar-refractivity contribution is 6.57. The van der Waals surface area contributed by atoms with Gasteiger partial charge in [0, 0.05) is 50.6 Å². The first-order valence-electron chi connectivity index (χ1n) is 36.8. The lowest BCUT2D eigenvalue weighted by atomic mass is 9.83. The third-order valence-corrected chi connectivity index (χ3v) is 18.0. The van der Waals surface area contributed by atoms with Gasteiger partial charge in [-0.2, -0.15) is 0 Å². The molecule has 5 N–H and O–H groups in total. The number of azide groups is 1. The lowest BCUT2D eigenvalue weighted by Crippen LogP contribution is -2.43. The molecule has 0 saturated carbocycles. The molecule has 0 aliphatic carbocycles. The van der Waals surface area contributed by atoms with Gasteiger partial charge < -0.3 is 54.5 Å². The Balaban J connectivity index is 4.43. The summed E-state index contributed by atoms with van der Waals surface area (Å²) < 4.78 is 0. The van der Waals surface area contributed by atoms with Gasteiger partial charge in [0.05, 0.1) is 0 Å². The van der Waals surface area contributed by atoms with Gasteiger partial charge in [0.25, 0.3) is 0 Å². The Bertz CT molecular complexity index is 1720. The van der Waals surface area contributed by atoms with Crippen LogP contribution in [-0.4, -0.2) is 203 Å². The Hall–Kier alpha value is -2.73. The molecule has 17 nitrogen and oxygen atoms in total. The van der Waals surface area contributed by atoms with Crippen LogP contribution in [0.15, 0.2) is 29.4 Å². The average molecular weight is 1260 g/mol. The van der Waals surface area contributed by atoms with Crippen molar-refractivity contribution in [1.82, 2.24) is 34.4 Å². The largest absolute Gasteiger partial charge is 0.437 e. The Morgan fingerprint density at radius 2 is 0.756 bits per heavy atom. The molecule has 0 fully saturated rings. The quantitative estimate of drug-likeness (QED) is 0.00965. The summed E-state index contributed by atoms with van der Waals surface area (Å²) in [5.74, 6) is -0.929. The van der Waals surface area contributed by atoms with Crippen molar-refractivity contribution in [3.63, 3.8) is 0 Å². The molecule has 0 unspecified atom stereocenters. The zero-order valence-corrected chi connectivity index (χ0v) is 58.9. The van der Waals surface area contributed by atoms with Crippen molar-refractivity contribution in [2.24, 2.45) is 11.0 Å². The van der Waals surface area contributed by atoms with Crippen molar-refractivity contribution in [3.8, 4) is 0 Å². The van der Waals surface area contributed by atoms with E-state index in [-0.39, 0.29) is 11.8 Å². The van der Waals surface area contributed by atoms with Gasteiger partial charge in [-0.15, -0.1) is 0 Å². The predicted octanol–water partition coefficient (Wildman–Crippen LogP) is 14.2. The van der Waals surface area contributed by atoms with Crippen LogP contribution in [0.25, 0.3) is 10.4 Å². The fraction of sp³-hybridized carbons (Fsp3) is 0.896. The number of carbonyl (C=O) groups excluding carboxylic acids is 3. The molecular weight excluding hydrogens is 1120 g/mol. The third kappa shape index (κ3) is 56.8. The lowest BCUT2D eigenvalue weighted by Gasteiger charge is -2.32. The van der Waals surface area contributed by atoms with E-state index < -0.39 is 39.8 Å². The van der Waals surface area contributed by atoms with E-state index in [2.05, 4.69) is 39.6 Å². The summed E-state index contributed by atoms with van der Waals surface area (Å²) in [6.45, 7) is 14.1. The second-order valence-electron chi connectivity index (χ2n) is 26.3. The summed E-state index contributed by atoms with van der Waals surface area (Å²) in [6, 6.07) is 0. The van der Waals surface area contributed by atoms with Crippen LogP contribution in [0, 0.1) is 5.92 Å². The molecule has 0 aliphatic heterocycles. The number of nitrogens with one attached hydrogen (secondary N) is 1. The molecule has 0 bridgehead atoms. The van der Waals surface area contributed by atoms with Gasteiger partial charge >= 0.3 is 28.2 Å². The smallest absolute Gasteiger partial charge is 0.376 e. The van der Waals surface area contributed by atoms with Crippen LogP contribution >= 0.6 is 0 Å². The van der Waals surface area contributed by atoms with Gasteiger partial charge in [-0.25, -0.2) is 0 Å². The molecule has 0 atom stereocenters. The predicted molar refractivity (Wildman–Crippen MR) is 387 cm³/mol. The number of nitrogens with zero attached hydrogens (tertiary/aromatic N) is 9. The fourth-order valence-electron chi connectivity index (χ4n) is 11.7. The van der Waals surface area contributed by atoms with Gasteiger partial charge in [-0.05, 0) is 208 Å². The highest BCUT2D eigenvalue weighted by atomic mass is 16.2. The maximum absolute atomic E-state index is 12.9. The van der Waals surface area contributed by atoms with Gasteiger partial charge in [0.2, 0.25) is 21.6 Å². The van der Waals surface area contributed by atoms with Crippen LogP contribution in [0.1, 0.15) is 263 Å². The maximum atomic E-state index is 12.9. The van der Waals surface area contributed by atoms with Crippen molar-refractivity contribution in [2.75, 3.05) is 92.6 Å². The van der Waals surface area contributed by atoms with E-state index in [1.165, 1.54) is 167 Å². The highest BCUT2D eigenvalue weighted by Gasteiger charge is 2.23. The Morgan fingerprint density at radius 1 is 0.433 bits per heavy atom. The summed E-state index contributed by atoms with van der Waals surface area (Å²) in [6.07, 6.45) is 56.2. The molecule has 0 aromatic rings. The van der Waals surface area contributed by atoms with E-state index in [4.69, 9.17) is 21.2 Å². The van der Waals surface area contributed by atoms with Crippen molar-refractivity contribution in [2.45, 2.75) is 291 Å². The number of hydrogen-bond donors (Lipinski definition) is 5. The number of rotatable bonds is 67. The first-order chi connectivity index (χ1) is 43.5. The van der Waals surface area contributed by atoms with Crippen LogP contribution < -0.4 is 5.32 Å². The van der Waals surface area contributed by atoms with E-state index >= 15 is 0 Å². The topological polar surface area (TPSA) is 212 Å². The molecule has 0 saturated heterocycles. The van der Waals surface area contributed by atoms with Crippen molar-refractivity contribution >= 4 is 61.4 Å². The first kappa shape index (κ1) is 87.3. The molecule has 0 aromatic heterocycles. The third-order valence-electron chi connectivity index (χ3n) is 18.0. The van der Waals surface area contributed by atoms with Gasteiger partial charge in [0.1, 0.15) is 0 Å². The normalized spacial score (nSPS) is 11.8. The molecular formula is C67H134B6N10O7. The molecule has 90 heavy (non-hydrogen) atoms. The van der Waals surface area contributed by atoms with Crippen LogP contribution in [0.4, 0.5) is 9.59 Å². The standard InChI is InChI=1S/C67H134B6N10O7/c1-70(87)78(5)54-48-60-82(72(3)89)58-46-44-56-80(66(68)85)62-64(63-81(67(69)86)57-45-47-59-83(73(4)90)61-49-55-79(6)71(2)88)50-40-37-39-42-52-75-65(84)51-41-36-34-32-30-28-26-24-22-20-18-16-14-12-10-8-7-9-11-13-15-17-19-21-23-25-27-29-31-33-35-38-43-53-76-77-74/h17-20,64,87-90H,7-16,21-63H2,1-6H3,(H,75,84). The van der Waals surface area contributed by atoms with Crippen LogP contribution in [0.2, 0.25) is 27.3 Å². The Morgan fingerprint density at radius 3 is 1.11 bits per heavy atom. The number of carbonyl (C=O) groups is 3. The Kier molecular flexibility index (Phi) is 61.7. The molecule has 0 aliphatic rings. The fourth-order valence-corrected chi connectivity index (χ4v) is 11.7. The number of hydrogen-bond acceptors (Lipinski definition) is 12. The average Bonchev–Trinajstić information content (AvgIpc) is 3.62. The highest BCUT2D eigenvalue weighted by Crippen LogP contribution is 2.19. The van der Waals surface area contributed by atoms with Gasteiger partial charge in [0.15, 0.2) is 11.6 Å². The first-order valence-corrected chi connectivity index (χ1v) is 36.8. The summed E-state index contributed by atoms with van der Waals surface area (Å²) in [4.78, 5) is 52.3. The SMILES string of the molecule is [B]C(=O)N(CCCCN(CCCN(C)B(C)O)B(C)O)CC(CCCCCCNC(=O)CCCCCCCCCCC=CCCCCCCCCCCC=CCCCCCCCCCCCN=[N+]=[N-])CN(CCCCN(CCCN(C)B(C)O)B(C)O)C([B])=O. The van der Waals surface area contributed by atoms with E-state index in [9.17, 15) is 34.5 Å². The van der Waals surface area contributed by atoms with Crippen molar-refractivity contribution in [1.29, 1.82) is 0 Å². The molecule has 23 heteroatoms. The molecule has 0 rings (SSSR count). The minimum Gasteiger partial charge on any atom is -0.437 e. The van der Waals surface area contributed by atoms with Gasteiger partial charge in [-0.3, -0.25) is 14.4 Å². The maximum Gasteiger partial charge on any atom is 0.376 e. The van der Waals surface area contributed by atoms with E-state index in [0.29, 0.717) is 97.8 Å². The molecule has 0 aromatic carbocycles. The van der Waals surface area contributed by atoms with E-state index in [1.54, 1.807) is 37.1 Å². The Labute approximate surface area is 556 Å². The monoisotopic (exact) mass is 1260 g/mol.